The first-order valence-corrected chi connectivity index (χ1v) is 6.03. The van der Waals surface area contributed by atoms with Gasteiger partial charge in [0.15, 0.2) is 11.6 Å². The quantitative estimate of drug-likeness (QED) is 0.850. The molecule has 1 aromatic carbocycles. The molecule has 0 unspecified atom stereocenters. The lowest BCUT2D eigenvalue weighted by molar-refractivity contribution is 0.202. The number of epoxide rings is 1. The number of aromatic hydroxyl groups is 1. The van der Waals surface area contributed by atoms with Crippen molar-refractivity contribution in [1.29, 1.82) is 0 Å². The van der Waals surface area contributed by atoms with Gasteiger partial charge >= 0.3 is 0 Å². The molecule has 1 fully saturated rings. The first-order chi connectivity index (χ1) is 9.15. The minimum Gasteiger partial charge on any atom is -0.505 e. The zero-order valence-corrected chi connectivity index (χ0v) is 10.5. The van der Waals surface area contributed by atoms with E-state index in [4.69, 9.17) is 14.6 Å². The van der Waals surface area contributed by atoms with Crippen molar-refractivity contribution >= 4 is 0 Å². The Labute approximate surface area is 110 Å². The molecule has 0 amide bonds. The topological polar surface area (TPSA) is 67.8 Å². The van der Waals surface area contributed by atoms with Crippen molar-refractivity contribution in [2.45, 2.75) is 12.5 Å². The Morgan fingerprint density at radius 3 is 2.47 bits per heavy atom. The van der Waals surface area contributed by atoms with Gasteiger partial charge in [0.1, 0.15) is 18.0 Å². The molecule has 19 heavy (non-hydrogen) atoms. The SMILES string of the molecule is C[C@@]1(COc2ccc(-c3ncc(O)cn3)cc2)CO1. The second-order valence-electron chi connectivity index (χ2n) is 4.82. The number of benzene rings is 1. The van der Waals surface area contributed by atoms with E-state index in [-0.39, 0.29) is 11.4 Å². The third-order valence-corrected chi connectivity index (χ3v) is 2.93. The van der Waals surface area contributed by atoms with Gasteiger partial charge in [-0.1, -0.05) is 0 Å². The summed E-state index contributed by atoms with van der Waals surface area (Å²) in [5.41, 5.74) is 0.764. The zero-order valence-electron chi connectivity index (χ0n) is 10.5. The molecule has 2 aromatic rings. The molecular weight excluding hydrogens is 244 g/mol. The maximum atomic E-state index is 9.14. The van der Waals surface area contributed by atoms with E-state index in [1.807, 2.05) is 31.2 Å². The summed E-state index contributed by atoms with van der Waals surface area (Å²) in [4.78, 5) is 8.10. The van der Waals surface area contributed by atoms with Gasteiger partial charge in [-0.15, -0.1) is 0 Å². The Kier molecular flexibility index (Phi) is 2.83. The molecule has 1 aliphatic heterocycles. The van der Waals surface area contributed by atoms with E-state index in [2.05, 4.69) is 9.97 Å². The van der Waals surface area contributed by atoms with Crippen LogP contribution in [0.1, 0.15) is 6.92 Å². The van der Waals surface area contributed by atoms with E-state index in [0.717, 1.165) is 17.9 Å². The fourth-order valence-electron chi connectivity index (χ4n) is 1.61. The summed E-state index contributed by atoms with van der Waals surface area (Å²) in [6.07, 6.45) is 2.75. The summed E-state index contributed by atoms with van der Waals surface area (Å²) >= 11 is 0. The number of aromatic nitrogens is 2. The first kappa shape index (κ1) is 11.9. The highest BCUT2D eigenvalue weighted by Gasteiger charge is 2.40. The highest BCUT2D eigenvalue weighted by atomic mass is 16.6. The monoisotopic (exact) mass is 258 g/mol. The van der Waals surface area contributed by atoms with Crippen molar-refractivity contribution in [1.82, 2.24) is 9.97 Å². The summed E-state index contributed by atoms with van der Waals surface area (Å²) < 4.78 is 10.9. The van der Waals surface area contributed by atoms with Gasteiger partial charge in [0.05, 0.1) is 19.0 Å². The van der Waals surface area contributed by atoms with E-state index >= 15 is 0 Å². The molecule has 1 atom stereocenters. The summed E-state index contributed by atoms with van der Waals surface area (Å²) in [5, 5.41) is 9.14. The van der Waals surface area contributed by atoms with Crippen LogP contribution in [-0.4, -0.2) is 33.9 Å². The van der Waals surface area contributed by atoms with Crippen LogP contribution < -0.4 is 4.74 Å². The van der Waals surface area contributed by atoms with Crippen LogP contribution in [0.4, 0.5) is 0 Å². The van der Waals surface area contributed by atoms with E-state index in [0.29, 0.717) is 12.4 Å². The van der Waals surface area contributed by atoms with Gasteiger partial charge in [-0.05, 0) is 31.2 Å². The van der Waals surface area contributed by atoms with Gasteiger partial charge in [0, 0.05) is 5.56 Å². The fourth-order valence-corrected chi connectivity index (χ4v) is 1.61. The number of hydrogen-bond acceptors (Lipinski definition) is 5. The third-order valence-electron chi connectivity index (χ3n) is 2.93. The van der Waals surface area contributed by atoms with Crippen LogP contribution in [0.3, 0.4) is 0 Å². The molecule has 98 valence electrons. The highest BCUT2D eigenvalue weighted by Crippen LogP contribution is 2.27. The van der Waals surface area contributed by atoms with Crippen LogP contribution in [0.15, 0.2) is 36.7 Å². The molecule has 0 aliphatic carbocycles. The second kappa shape index (κ2) is 4.51. The van der Waals surface area contributed by atoms with Crippen LogP contribution in [0.25, 0.3) is 11.4 Å². The van der Waals surface area contributed by atoms with E-state index in [1.165, 1.54) is 12.4 Å². The Bertz CT molecular complexity index is 562. The number of rotatable bonds is 4. The third kappa shape index (κ3) is 2.82. The summed E-state index contributed by atoms with van der Waals surface area (Å²) in [7, 11) is 0. The van der Waals surface area contributed by atoms with Crippen molar-refractivity contribution in [2.75, 3.05) is 13.2 Å². The molecule has 5 heteroatoms. The summed E-state index contributed by atoms with van der Waals surface area (Å²) in [6, 6.07) is 7.52. The minimum absolute atomic E-state index is 0.0568. The molecule has 1 saturated heterocycles. The molecule has 0 saturated carbocycles. The average Bonchev–Trinajstić information content (AvgIpc) is 3.17. The average molecular weight is 258 g/mol. The van der Waals surface area contributed by atoms with Crippen molar-refractivity contribution in [2.24, 2.45) is 0 Å². The standard InChI is InChI=1S/C14H14N2O3/c1-14(9-19-14)8-18-12-4-2-10(3-5-12)13-15-6-11(17)7-16-13/h2-7,17H,8-9H2,1H3/t14-/m1/s1. The molecule has 0 bridgehead atoms. The Morgan fingerprint density at radius 1 is 1.26 bits per heavy atom. The van der Waals surface area contributed by atoms with Crippen molar-refractivity contribution in [3.8, 4) is 22.9 Å². The van der Waals surface area contributed by atoms with E-state index in [9.17, 15) is 0 Å². The number of nitrogens with zero attached hydrogens (tertiary/aromatic N) is 2. The predicted molar refractivity (Wildman–Crippen MR) is 69.0 cm³/mol. The minimum atomic E-state index is -0.112. The lowest BCUT2D eigenvalue weighted by atomic mass is 10.2. The largest absolute Gasteiger partial charge is 0.505 e. The van der Waals surface area contributed by atoms with Crippen LogP contribution in [0.2, 0.25) is 0 Å². The number of ether oxygens (including phenoxy) is 2. The van der Waals surface area contributed by atoms with Crippen molar-refractivity contribution < 1.29 is 14.6 Å². The second-order valence-corrected chi connectivity index (χ2v) is 4.82. The summed E-state index contributed by atoms with van der Waals surface area (Å²) in [6.45, 7) is 3.33. The molecular formula is C14H14N2O3. The normalized spacial score (nSPS) is 21.1. The van der Waals surface area contributed by atoms with Gasteiger partial charge in [0.2, 0.25) is 0 Å². The fraction of sp³-hybridized carbons (Fsp3) is 0.286. The lowest BCUT2D eigenvalue weighted by Crippen LogP contribution is -2.16. The predicted octanol–water partition coefficient (Wildman–Crippen LogP) is 2.02. The first-order valence-electron chi connectivity index (χ1n) is 6.03. The van der Waals surface area contributed by atoms with E-state index in [1.54, 1.807) is 0 Å². The van der Waals surface area contributed by atoms with Crippen LogP contribution >= 0.6 is 0 Å². The number of hydrogen-bond donors (Lipinski definition) is 1. The van der Waals surface area contributed by atoms with Crippen LogP contribution in [0.5, 0.6) is 11.5 Å². The zero-order chi connectivity index (χ0) is 13.3. The summed E-state index contributed by atoms with van der Waals surface area (Å²) in [5.74, 6) is 1.42. The molecule has 1 aliphatic rings. The lowest BCUT2D eigenvalue weighted by Gasteiger charge is -2.09. The Balaban J connectivity index is 1.69. The molecule has 2 heterocycles. The van der Waals surface area contributed by atoms with Gasteiger partial charge < -0.3 is 14.6 Å². The maximum Gasteiger partial charge on any atom is 0.159 e. The van der Waals surface area contributed by atoms with Crippen LogP contribution in [0, 0.1) is 0 Å². The Hall–Kier alpha value is -2.14. The molecule has 0 spiro atoms. The van der Waals surface area contributed by atoms with Gasteiger partial charge in [-0.3, -0.25) is 0 Å². The van der Waals surface area contributed by atoms with Gasteiger partial charge in [-0.25, -0.2) is 9.97 Å². The Morgan fingerprint density at radius 2 is 1.89 bits per heavy atom. The van der Waals surface area contributed by atoms with Crippen molar-refractivity contribution in [3.63, 3.8) is 0 Å². The van der Waals surface area contributed by atoms with Crippen LogP contribution in [-0.2, 0) is 4.74 Å². The molecule has 1 aromatic heterocycles. The molecule has 5 nitrogen and oxygen atoms in total. The van der Waals surface area contributed by atoms with E-state index < -0.39 is 0 Å². The molecule has 3 rings (SSSR count). The maximum absolute atomic E-state index is 9.14. The smallest absolute Gasteiger partial charge is 0.159 e. The van der Waals surface area contributed by atoms with Gasteiger partial charge in [-0.2, -0.15) is 0 Å². The van der Waals surface area contributed by atoms with Gasteiger partial charge in [0.25, 0.3) is 0 Å². The molecule has 0 radical (unpaired) electrons. The van der Waals surface area contributed by atoms with Crippen molar-refractivity contribution in [3.05, 3.63) is 36.7 Å². The highest BCUT2D eigenvalue weighted by molar-refractivity contribution is 5.56. The molecule has 1 N–H and O–H groups in total.